The molecule has 1 rings (SSSR count). The molecule has 11 heavy (non-hydrogen) atoms. The van der Waals surface area contributed by atoms with Crippen LogP contribution in [-0.4, -0.2) is 16.2 Å². The number of hydrogen-bond donors (Lipinski definition) is 2. The number of rotatable bonds is 1. The smallest absolute Gasteiger partial charge is 0.339 e. The van der Waals surface area contributed by atoms with Gasteiger partial charge in [-0.15, -0.1) is 0 Å². The van der Waals surface area contributed by atoms with E-state index in [1.54, 1.807) is 0 Å². The van der Waals surface area contributed by atoms with Gasteiger partial charge in [-0.2, -0.15) is 0 Å². The van der Waals surface area contributed by atoms with Crippen LogP contribution >= 0.6 is 0 Å². The van der Waals surface area contributed by atoms with Gasteiger partial charge in [-0.3, -0.25) is 5.73 Å². The van der Waals surface area contributed by atoms with Gasteiger partial charge in [0.15, 0.2) is 5.75 Å². The van der Waals surface area contributed by atoms with Gasteiger partial charge >= 0.3 is 5.97 Å². The van der Waals surface area contributed by atoms with Crippen LogP contribution in [0.25, 0.3) is 0 Å². The second-order valence-electron chi connectivity index (χ2n) is 2.01. The molecule has 57 valence electrons. The lowest BCUT2D eigenvalue weighted by Crippen LogP contribution is -1.96. The number of phenols is 1. The summed E-state index contributed by atoms with van der Waals surface area (Å²) in [6.07, 6.45) is 0. The molecule has 0 unspecified atom stereocenters. The summed E-state index contributed by atoms with van der Waals surface area (Å²) < 4.78 is 0. The molecule has 0 saturated heterocycles. The third kappa shape index (κ3) is 1.24. The molecular formula is C7H6NO3. The van der Waals surface area contributed by atoms with Crippen molar-refractivity contribution in [1.29, 1.82) is 0 Å². The molecule has 1 aromatic rings. The van der Waals surface area contributed by atoms with E-state index in [9.17, 15) is 4.79 Å². The van der Waals surface area contributed by atoms with Crippen molar-refractivity contribution in [3.8, 4) is 5.75 Å². The number of benzene rings is 1. The number of aromatic hydroxyl groups is 1. The van der Waals surface area contributed by atoms with Crippen LogP contribution < -0.4 is 5.73 Å². The maximum absolute atomic E-state index is 10.3. The molecule has 4 nitrogen and oxygen atoms in total. The predicted octanol–water partition coefficient (Wildman–Crippen LogP) is 1.00. The Bertz CT molecular complexity index is 296. The number of aromatic carboxylic acids is 1. The average molecular weight is 152 g/mol. The maximum Gasteiger partial charge on any atom is 0.339 e. The largest absolute Gasteiger partial charge is 0.505 e. The van der Waals surface area contributed by atoms with Crippen molar-refractivity contribution in [2.45, 2.75) is 0 Å². The minimum atomic E-state index is -1.23. The molecule has 1 radical (unpaired) electrons. The summed E-state index contributed by atoms with van der Waals surface area (Å²) in [5.74, 6) is -1.71. The molecule has 0 aromatic heterocycles. The summed E-state index contributed by atoms with van der Waals surface area (Å²) >= 11 is 0. The molecule has 4 heteroatoms. The zero-order chi connectivity index (χ0) is 8.43. The highest BCUT2D eigenvalue weighted by atomic mass is 16.4. The molecule has 0 saturated carbocycles. The first kappa shape index (κ1) is 7.40. The Hall–Kier alpha value is -1.71. The van der Waals surface area contributed by atoms with E-state index in [2.05, 4.69) is 0 Å². The number of para-hydroxylation sites is 1. The highest BCUT2D eigenvalue weighted by Crippen LogP contribution is 2.25. The molecule has 0 aliphatic heterocycles. The van der Waals surface area contributed by atoms with Gasteiger partial charge in [0.05, 0.1) is 5.69 Å². The summed E-state index contributed by atoms with van der Waals surface area (Å²) in [6.45, 7) is 0. The monoisotopic (exact) mass is 152 g/mol. The zero-order valence-corrected chi connectivity index (χ0v) is 5.53. The van der Waals surface area contributed by atoms with E-state index < -0.39 is 11.7 Å². The Morgan fingerprint density at radius 2 is 2.09 bits per heavy atom. The summed E-state index contributed by atoms with van der Waals surface area (Å²) in [6, 6.07) is 3.98. The number of carboxylic acids is 1. The van der Waals surface area contributed by atoms with Crippen LogP contribution in [0.1, 0.15) is 10.4 Å². The van der Waals surface area contributed by atoms with Crippen LogP contribution in [-0.2, 0) is 0 Å². The van der Waals surface area contributed by atoms with Crippen molar-refractivity contribution in [2.75, 3.05) is 0 Å². The lowest BCUT2D eigenvalue weighted by Gasteiger charge is -1.99. The van der Waals surface area contributed by atoms with Crippen LogP contribution in [0.4, 0.5) is 5.69 Å². The number of carbonyl (C=O) groups is 1. The lowest BCUT2D eigenvalue weighted by molar-refractivity contribution is 0.0694. The second kappa shape index (κ2) is 2.49. The third-order valence-electron chi connectivity index (χ3n) is 1.27. The molecule has 0 spiro atoms. The Morgan fingerprint density at radius 3 is 2.55 bits per heavy atom. The third-order valence-corrected chi connectivity index (χ3v) is 1.27. The highest BCUT2D eigenvalue weighted by molar-refractivity contribution is 5.92. The fourth-order valence-electron chi connectivity index (χ4n) is 0.716. The normalized spacial score (nSPS) is 9.45. The Labute approximate surface area is 62.9 Å². The number of nitrogens with one attached hydrogen (secondary N) is 1. The van der Waals surface area contributed by atoms with E-state index in [4.69, 9.17) is 15.9 Å². The van der Waals surface area contributed by atoms with E-state index in [-0.39, 0.29) is 11.3 Å². The zero-order valence-electron chi connectivity index (χ0n) is 5.53. The van der Waals surface area contributed by atoms with Crippen LogP contribution in [0.5, 0.6) is 5.75 Å². The Morgan fingerprint density at radius 1 is 1.45 bits per heavy atom. The van der Waals surface area contributed by atoms with Crippen LogP contribution in [0.2, 0.25) is 0 Å². The van der Waals surface area contributed by atoms with Crippen LogP contribution in [0, 0.1) is 0 Å². The number of carboxylic acid groups (broad SMARTS) is 1. The first-order valence-corrected chi connectivity index (χ1v) is 2.90. The molecule has 0 atom stereocenters. The molecule has 0 bridgehead atoms. The lowest BCUT2D eigenvalue weighted by atomic mass is 10.2. The molecule has 0 amide bonds. The maximum atomic E-state index is 10.3. The quantitative estimate of drug-likeness (QED) is 0.589. The fourth-order valence-corrected chi connectivity index (χ4v) is 0.716. The first-order chi connectivity index (χ1) is 5.13. The van der Waals surface area contributed by atoms with E-state index in [0.717, 1.165) is 0 Å². The van der Waals surface area contributed by atoms with E-state index in [1.165, 1.54) is 18.2 Å². The van der Waals surface area contributed by atoms with Crippen LogP contribution in [0.15, 0.2) is 18.2 Å². The Kier molecular flexibility index (Phi) is 1.68. The Balaban J connectivity index is 3.27. The van der Waals surface area contributed by atoms with Gasteiger partial charge in [-0.1, -0.05) is 6.07 Å². The van der Waals surface area contributed by atoms with Gasteiger partial charge in [0.1, 0.15) is 5.56 Å². The second-order valence-corrected chi connectivity index (χ2v) is 2.01. The van der Waals surface area contributed by atoms with Gasteiger partial charge in [0, 0.05) is 0 Å². The van der Waals surface area contributed by atoms with Crippen molar-refractivity contribution < 1.29 is 15.0 Å². The van der Waals surface area contributed by atoms with Gasteiger partial charge < -0.3 is 10.2 Å². The summed E-state index contributed by atoms with van der Waals surface area (Å²) in [7, 11) is 0. The predicted molar refractivity (Wildman–Crippen MR) is 37.8 cm³/mol. The van der Waals surface area contributed by atoms with Crippen molar-refractivity contribution in [1.82, 2.24) is 5.73 Å². The first-order valence-electron chi connectivity index (χ1n) is 2.90. The molecule has 0 fully saturated rings. The van der Waals surface area contributed by atoms with Crippen molar-refractivity contribution in [2.24, 2.45) is 0 Å². The minimum absolute atomic E-state index is 0.176. The van der Waals surface area contributed by atoms with Gasteiger partial charge in [-0.25, -0.2) is 4.79 Å². The topological polar surface area (TPSA) is 81.3 Å². The molecule has 1 aromatic carbocycles. The standard InChI is InChI=1S/C7H6NO3/c8-5-3-1-2-4(6(5)9)7(10)11/h1-3,8-9H,(H,10,11). The van der Waals surface area contributed by atoms with Gasteiger partial charge in [0.2, 0.25) is 0 Å². The molecule has 0 aliphatic rings. The van der Waals surface area contributed by atoms with E-state index in [0.29, 0.717) is 0 Å². The molecule has 0 heterocycles. The van der Waals surface area contributed by atoms with Crippen LogP contribution in [0.3, 0.4) is 0 Å². The molecule has 0 aliphatic carbocycles. The van der Waals surface area contributed by atoms with Gasteiger partial charge in [0.25, 0.3) is 0 Å². The van der Waals surface area contributed by atoms with Crippen molar-refractivity contribution in [3.05, 3.63) is 23.8 Å². The summed E-state index contributed by atoms with van der Waals surface area (Å²) in [5.41, 5.74) is 6.63. The van der Waals surface area contributed by atoms with Gasteiger partial charge in [-0.05, 0) is 12.1 Å². The van der Waals surface area contributed by atoms with E-state index in [1.807, 2.05) is 0 Å². The summed E-state index contributed by atoms with van der Waals surface area (Å²) in [5, 5.41) is 17.4. The molecule has 3 N–H and O–H groups in total. The van der Waals surface area contributed by atoms with Crippen molar-refractivity contribution >= 4 is 11.7 Å². The van der Waals surface area contributed by atoms with Crippen molar-refractivity contribution in [3.63, 3.8) is 0 Å². The average Bonchev–Trinajstić information content (AvgIpc) is 1.94. The fraction of sp³-hybridized carbons (Fsp3) is 0. The van der Waals surface area contributed by atoms with E-state index >= 15 is 0 Å². The molecular weight excluding hydrogens is 146 g/mol. The minimum Gasteiger partial charge on any atom is -0.505 e. The number of hydrogen-bond acceptors (Lipinski definition) is 2. The SMILES string of the molecule is [NH]c1cccc(C(=O)O)c1O. The summed E-state index contributed by atoms with van der Waals surface area (Å²) in [4.78, 5) is 10.3. The highest BCUT2D eigenvalue weighted by Gasteiger charge is 2.10.